The lowest BCUT2D eigenvalue weighted by atomic mass is 10.1. The van der Waals surface area contributed by atoms with E-state index in [0.29, 0.717) is 5.56 Å². The monoisotopic (exact) mass is 245 g/mol. The van der Waals surface area contributed by atoms with Gasteiger partial charge in [0.2, 0.25) is 0 Å². The number of carboxylic acids is 1. The number of esters is 1. The predicted octanol–water partition coefficient (Wildman–Crippen LogP) is 1.85. The molecule has 1 N–H and O–H groups in total. The van der Waals surface area contributed by atoms with Crippen molar-refractivity contribution in [2.45, 2.75) is 6.92 Å². The van der Waals surface area contributed by atoms with E-state index in [4.69, 9.17) is 15.1 Å². The van der Waals surface area contributed by atoms with Crippen molar-refractivity contribution >= 4 is 18.0 Å². The zero-order valence-corrected chi connectivity index (χ0v) is 9.71. The SMILES string of the molecule is CCOC(=O)/C(C#N)=C/c1ccc(C(=O)O)cc1. The maximum absolute atomic E-state index is 11.3. The molecule has 0 aromatic heterocycles. The third kappa shape index (κ3) is 3.46. The summed E-state index contributed by atoms with van der Waals surface area (Å²) in [5.74, 6) is -1.72. The minimum absolute atomic E-state index is 0.125. The molecule has 0 aliphatic heterocycles. The number of ether oxygens (including phenoxy) is 1. The quantitative estimate of drug-likeness (QED) is 0.497. The van der Waals surface area contributed by atoms with Crippen LogP contribution in [0.3, 0.4) is 0 Å². The van der Waals surface area contributed by atoms with Gasteiger partial charge in [0.1, 0.15) is 11.6 Å². The fourth-order valence-corrected chi connectivity index (χ4v) is 1.23. The molecule has 1 rings (SSSR count). The Bertz CT molecular complexity index is 523. The Morgan fingerprint density at radius 2 is 2.00 bits per heavy atom. The summed E-state index contributed by atoms with van der Waals surface area (Å²) in [6, 6.07) is 7.56. The van der Waals surface area contributed by atoms with Crippen molar-refractivity contribution in [3.05, 3.63) is 41.0 Å². The first-order valence-corrected chi connectivity index (χ1v) is 5.20. The highest BCUT2D eigenvalue weighted by Gasteiger charge is 2.09. The summed E-state index contributed by atoms with van der Waals surface area (Å²) >= 11 is 0. The summed E-state index contributed by atoms with van der Waals surface area (Å²) in [4.78, 5) is 22.0. The number of benzene rings is 1. The van der Waals surface area contributed by atoms with E-state index in [9.17, 15) is 9.59 Å². The number of hydrogen-bond acceptors (Lipinski definition) is 4. The number of nitrogens with zero attached hydrogens (tertiary/aromatic N) is 1. The van der Waals surface area contributed by atoms with Gasteiger partial charge in [-0.25, -0.2) is 9.59 Å². The smallest absolute Gasteiger partial charge is 0.348 e. The van der Waals surface area contributed by atoms with Crippen LogP contribution in [-0.2, 0) is 9.53 Å². The second kappa shape index (κ2) is 6.21. The maximum atomic E-state index is 11.3. The molecule has 92 valence electrons. The second-order valence-corrected chi connectivity index (χ2v) is 3.32. The minimum Gasteiger partial charge on any atom is -0.478 e. The lowest BCUT2D eigenvalue weighted by Crippen LogP contribution is -2.06. The molecule has 1 aromatic carbocycles. The number of carbonyl (C=O) groups is 2. The highest BCUT2D eigenvalue weighted by Crippen LogP contribution is 2.10. The van der Waals surface area contributed by atoms with Crippen molar-refractivity contribution in [1.82, 2.24) is 0 Å². The third-order valence-corrected chi connectivity index (χ3v) is 2.08. The predicted molar refractivity (Wildman–Crippen MR) is 63.6 cm³/mol. The lowest BCUT2D eigenvalue weighted by molar-refractivity contribution is -0.137. The van der Waals surface area contributed by atoms with E-state index in [2.05, 4.69) is 0 Å². The van der Waals surface area contributed by atoms with E-state index in [1.165, 1.54) is 30.3 Å². The summed E-state index contributed by atoms with van der Waals surface area (Å²) in [6.07, 6.45) is 1.35. The van der Waals surface area contributed by atoms with Crippen LogP contribution in [0.5, 0.6) is 0 Å². The summed E-state index contributed by atoms with van der Waals surface area (Å²) < 4.78 is 4.71. The Morgan fingerprint density at radius 1 is 1.39 bits per heavy atom. The van der Waals surface area contributed by atoms with Crippen molar-refractivity contribution in [2.24, 2.45) is 0 Å². The Labute approximate surface area is 104 Å². The van der Waals surface area contributed by atoms with Gasteiger partial charge in [-0.1, -0.05) is 12.1 Å². The molecule has 0 fully saturated rings. The third-order valence-electron chi connectivity index (χ3n) is 2.08. The zero-order valence-electron chi connectivity index (χ0n) is 9.71. The molecule has 0 amide bonds. The summed E-state index contributed by atoms with van der Waals surface area (Å²) in [6.45, 7) is 1.84. The minimum atomic E-state index is -1.03. The molecule has 0 bridgehead atoms. The molecule has 0 spiro atoms. The van der Waals surface area contributed by atoms with Crippen molar-refractivity contribution < 1.29 is 19.4 Å². The molecule has 5 nitrogen and oxygen atoms in total. The Hall–Kier alpha value is -2.61. The molecule has 0 atom stereocenters. The van der Waals surface area contributed by atoms with Gasteiger partial charge in [0.25, 0.3) is 0 Å². The van der Waals surface area contributed by atoms with E-state index >= 15 is 0 Å². The van der Waals surface area contributed by atoms with E-state index < -0.39 is 11.9 Å². The van der Waals surface area contributed by atoms with Crippen LogP contribution in [0.2, 0.25) is 0 Å². The second-order valence-electron chi connectivity index (χ2n) is 3.32. The molecule has 0 radical (unpaired) electrons. The molecule has 0 aliphatic rings. The van der Waals surface area contributed by atoms with Crippen LogP contribution in [0, 0.1) is 11.3 Å². The van der Waals surface area contributed by atoms with Crippen molar-refractivity contribution in [1.29, 1.82) is 5.26 Å². The Morgan fingerprint density at radius 3 is 2.44 bits per heavy atom. The summed E-state index contributed by atoms with van der Waals surface area (Å²) in [5, 5.41) is 17.5. The zero-order chi connectivity index (χ0) is 13.5. The van der Waals surface area contributed by atoms with Crippen LogP contribution < -0.4 is 0 Å². The standard InChI is InChI=1S/C13H11NO4/c1-2-18-13(17)11(8-14)7-9-3-5-10(6-4-9)12(15)16/h3-7H,2H2,1H3,(H,15,16)/b11-7+. The van der Waals surface area contributed by atoms with Crippen molar-refractivity contribution in [3.8, 4) is 6.07 Å². The van der Waals surface area contributed by atoms with Crippen LogP contribution in [0.15, 0.2) is 29.8 Å². The first-order valence-electron chi connectivity index (χ1n) is 5.20. The van der Waals surface area contributed by atoms with Gasteiger partial charge in [0, 0.05) is 0 Å². The highest BCUT2D eigenvalue weighted by molar-refractivity contribution is 5.98. The molecule has 1 aromatic rings. The van der Waals surface area contributed by atoms with Crippen LogP contribution >= 0.6 is 0 Å². The van der Waals surface area contributed by atoms with E-state index in [0.717, 1.165) is 0 Å². The topological polar surface area (TPSA) is 87.4 Å². The van der Waals surface area contributed by atoms with Crippen LogP contribution in [-0.4, -0.2) is 23.7 Å². The number of carbonyl (C=O) groups excluding carboxylic acids is 1. The molecule has 18 heavy (non-hydrogen) atoms. The normalized spacial score (nSPS) is 10.6. The van der Waals surface area contributed by atoms with Crippen molar-refractivity contribution in [3.63, 3.8) is 0 Å². The van der Waals surface area contributed by atoms with Crippen LogP contribution in [0.25, 0.3) is 6.08 Å². The maximum Gasteiger partial charge on any atom is 0.348 e. The van der Waals surface area contributed by atoms with E-state index in [-0.39, 0.29) is 17.7 Å². The lowest BCUT2D eigenvalue weighted by Gasteiger charge is -2.00. The van der Waals surface area contributed by atoms with Gasteiger partial charge in [-0.05, 0) is 30.7 Å². The summed E-state index contributed by atoms with van der Waals surface area (Å²) in [5.41, 5.74) is 0.575. The van der Waals surface area contributed by atoms with Gasteiger partial charge < -0.3 is 9.84 Å². The van der Waals surface area contributed by atoms with Gasteiger partial charge in [-0.2, -0.15) is 5.26 Å². The van der Waals surface area contributed by atoms with Gasteiger partial charge in [0.05, 0.1) is 12.2 Å². The molecule has 0 saturated heterocycles. The first kappa shape index (κ1) is 13.5. The fourth-order valence-electron chi connectivity index (χ4n) is 1.23. The Kier molecular flexibility index (Phi) is 4.64. The van der Waals surface area contributed by atoms with E-state index in [1.807, 2.05) is 0 Å². The first-order chi connectivity index (χ1) is 8.58. The van der Waals surface area contributed by atoms with Gasteiger partial charge in [-0.3, -0.25) is 0 Å². The van der Waals surface area contributed by atoms with Gasteiger partial charge in [0.15, 0.2) is 0 Å². The average molecular weight is 245 g/mol. The molecule has 0 unspecified atom stereocenters. The van der Waals surface area contributed by atoms with Crippen LogP contribution in [0.4, 0.5) is 0 Å². The molecular formula is C13H11NO4. The number of aromatic carboxylic acids is 1. The van der Waals surface area contributed by atoms with E-state index in [1.54, 1.807) is 13.0 Å². The largest absolute Gasteiger partial charge is 0.478 e. The number of rotatable bonds is 4. The number of carboxylic acid groups (broad SMARTS) is 1. The fraction of sp³-hybridized carbons (Fsp3) is 0.154. The molecule has 5 heteroatoms. The molecular weight excluding hydrogens is 234 g/mol. The highest BCUT2D eigenvalue weighted by atomic mass is 16.5. The van der Waals surface area contributed by atoms with Gasteiger partial charge >= 0.3 is 11.9 Å². The van der Waals surface area contributed by atoms with Crippen molar-refractivity contribution in [2.75, 3.05) is 6.61 Å². The number of hydrogen-bond donors (Lipinski definition) is 1. The molecule has 0 heterocycles. The van der Waals surface area contributed by atoms with Crippen LogP contribution in [0.1, 0.15) is 22.8 Å². The number of nitriles is 1. The molecule has 0 saturated carbocycles. The van der Waals surface area contributed by atoms with Gasteiger partial charge in [-0.15, -0.1) is 0 Å². The summed E-state index contributed by atoms with van der Waals surface area (Å²) in [7, 11) is 0. The average Bonchev–Trinajstić information content (AvgIpc) is 2.36. The Balaban J connectivity index is 2.97. The molecule has 0 aliphatic carbocycles.